The van der Waals surface area contributed by atoms with E-state index < -0.39 is 0 Å². The molecule has 4 heteroatoms. The third-order valence-corrected chi connectivity index (χ3v) is 2.98. The topological polar surface area (TPSA) is 28.2 Å². The summed E-state index contributed by atoms with van der Waals surface area (Å²) in [7, 11) is 1.91. The van der Waals surface area contributed by atoms with Gasteiger partial charge >= 0.3 is 0 Å². The maximum atomic E-state index is 13.4. The van der Waals surface area contributed by atoms with Gasteiger partial charge in [-0.3, -0.25) is 4.98 Å². The van der Waals surface area contributed by atoms with Crippen molar-refractivity contribution in [2.45, 2.75) is 13.5 Å². The van der Waals surface area contributed by atoms with E-state index in [1.54, 1.807) is 18.3 Å². The van der Waals surface area contributed by atoms with Gasteiger partial charge in [0.2, 0.25) is 0 Å². The van der Waals surface area contributed by atoms with E-state index in [9.17, 15) is 4.39 Å². The van der Waals surface area contributed by atoms with Gasteiger partial charge in [0.1, 0.15) is 5.82 Å². The van der Waals surface area contributed by atoms with Crippen LogP contribution < -0.4 is 10.2 Å². The molecule has 1 aromatic carbocycles. The highest BCUT2D eigenvalue weighted by Crippen LogP contribution is 2.28. The monoisotopic (exact) mass is 259 g/mol. The molecule has 19 heavy (non-hydrogen) atoms. The van der Waals surface area contributed by atoms with Crippen molar-refractivity contribution in [3.8, 4) is 0 Å². The summed E-state index contributed by atoms with van der Waals surface area (Å²) in [6, 6.07) is 8.60. The van der Waals surface area contributed by atoms with E-state index in [1.165, 1.54) is 6.07 Å². The fourth-order valence-corrected chi connectivity index (χ4v) is 2.13. The van der Waals surface area contributed by atoms with Crippen LogP contribution in [0.4, 0.5) is 15.8 Å². The number of rotatable bonds is 5. The summed E-state index contributed by atoms with van der Waals surface area (Å²) in [6.07, 6.45) is 3.59. The Kier molecular flexibility index (Phi) is 4.47. The van der Waals surface area contributed by atoms with Crippen molar-refractivity contribution in [1.82, 2.24) is 10.3 Å². The molecule has 0 aliphatic rings. The largest absolute Gasteiger partial charge is 0.340 e. The number of halogens is 1. The van der Waals surface area contributed by atoms with Crippen molar-refractivity contribution in [1.29, 1.82) is 0 Å². The van der Waals surface area contributed by atoms with Gasteiger partial charge in [0.15, 0.2) is 0 Å². The van der Waals surface area contributed by atoms with Crippen LogP contribution in [-0.4, -0.2) is 18.6 Å². The molecule has 1 aromatic heterocycles. The van der Waals surface area contributed by atoms with Crippen LogP contribution in [-0.2, 0) is 6.54 Å². The van der Waals surface area contributed by atoms with E-state index in [1.807, 2.05) is 32.3 Å². The first kappa shape index (κ1) is 13.5. The molecule has 0 spiro atoms. The van der Waals surface area contributed by atoms with Crippen LogP contribution in [0.3, 0.4) is 0 Å². The molecule has 0 saturated heterocycles. The number of nitrogens with one attached hydrogen (secondary N) is 1. The van der Waals surface area contributed by atoms with Crippen molar-refractivity contribution in [3.63, 3.8) is 0 Å². The predicted molar refractivity (Wildman–Crippen MR) is 76.1 cm³/mol. The number of benzene rings is 1. The lowest BCUT2D eigenvalue weighted by atomic mass is 10.2. The molecule has 0 unspecified atom stereocenters. The maximum Gasteiger partial charge on any atom is 0.125 e. The zero-order chi connectivity index (χ0) is 13.7. The van der Waals surface area contributed by atoms with Crippen LogP contribution in [0.25, 0.3) is 0 Å². The normalized spacial score (nSPS) is 10.5. The molecule has 3 nitrogen and oxygen atoms in total. The van der Waals surface area contributed by atoms with Gasteiger partial charge in [-0.15, -0.1) is 0 Å². The molecule has 0 fully saturated rings. The SMILES string of the molecule is CCN(c1cccc(F)c1)c1cnccc1CNC. The van der Waals surface area contributed by atoms with Crippen LogP contribution in [0.5, 0.6) is 0 Å². The molecule has 0 bridgehead atoms. The van der Waals surface area contributed by atoms with Crippen LogP contribution in [0.2, 0.25) is 0 Å². The van der Waals surface area contributed by atoms with Crippen molar-refractivity contribution in [2.24, 2.45) is 0 Å². The highest BCUT2D eigenvalue weighted by atomic mass is 19.1. The highest BCUT2D eigenvalue weighted by molar-refractivity contribution is 5.65. The number of aromatic nitrogens is 1. The van der Waals surface area contributed by atoms with Crippen LogP contribution >= 0.6 is 0 Å². The second-order valence-corrected chi connectivity index (χ2v) is 4.26. The lowest BCUT2D eigenvalue weighted by Gasteiger charge is -2.25. The van der Waals surface area contributed by atoms with Crippen molar-refractivity contribution in [2.75, 3.05) is 18.5 Å². The molecule has 1 heterocycles. The Morgan fingerprint density at radius 3 is 2.84 bits per heavy atom. The van der Waals surface area contributed by atoms with Gasteiger partial charge in [-0.05, 0) is 43.8 Å². The molecule has 100 valence electrons. The number of hydrogen-bond acceptors (Lipinski definition) is 3. The molecule has 2 rings (SSSR count). The Labute approximate surface area is 113 Å². The zero-order valence-corrected chi connectivity index (χ0v) is 11.2. The summed E-state index contributed by atoms with van der Waals surface area (Å²) in [5.74, 6) is -0.227. The van der Waals surface area contributed by atoms with Crippen LogP contribution in [0.15, 0.2) is 42.7 Å². The summed E-state index contributed by atoms with van der Waals surface area (Å²) in [5, 5.41) is 3.14. The minimum atomic E-state index is -0.227. The first-order valence-corrected chi connectivity index (χ1v) is 6.37. The Morgan fingerprint density at radius 1 is 1.32 bits per heavy atom. The minimum Gasteiger partial charge on any atom is -0.340 e. The van der Waals surface area contributed by atoms with Gasteiger partial charge in [0.05, 0.1) is 11.9 Å². The van der Waals surface area contributed by atoms with Crippen LogP contribution in [0.1, 0.15) is 12.5 Å². The summed E-state index contributed by atoms with van der Waals surface area (Å²) < 4.78 is 13.4. The minimum absolute atomic E-state index is 0.227. The molecule has 0 amide bonds. The standard InChI is InChI=1S/C15H18FN3/c1-3-19(14-6-4-5-13(16)9-14)15-11-18-8-7-12(15)10-17-2/h4-9,11,17H,3,10H2,1-2H3. The predicted octanol–water partition coefficient (Wildman–Crippen LogP) is 3.10. The Hall–Kier alpha value is -1.94. The Bertz CT molecular complexity index is 542. The van der Waals surface area contributed by atoms with E-state index in [0.717, 1.165) is 30.0 Å². The molecule has 2 aromatic rings. The zero-order valence-electron chi connectivity index (χ0n) is 11.2. The highest BCUT2D eigenvalue weighted by Gasteiger charge is 2.12. The summed E-state index contributed by atoms with van der Waals surface area (Å²) in [4.78, 5) is 6.24. The number of nitrogens with zero attached hydrogens (tertiary/aromatic N) is 2. The van der Waals surface area contributed by atoms with Gasteiger partial charge in [0, 0.05) is 25.0 Å². The lowest BCUT2D eigenvalue weighted by molar-refractivity contribution is 0.627. The van der Waals surface area contributed by atoms with E-state index in [0.29, 0.717) is 0 Å². The maximum absolute atomic E-state index is 13.4. The van der Waals surface area contributed by atoms with Crippen LogP contribution in [0, 0.1) is 5.82 Å². The fourth-order valence-electron chi connectivity index (χ4n) is 2.13. The van der Waals surface area contributed by atoms with Gasteiger partial charge in [-0.25, -0.2) is 4.39 Å². The summed E-state index contributed by atoms with van der Waals surface area (Å²) >= 11 is 0. The Balaban J connectivity index is 2.42. The van der Waals surface area contributed by atoms with E-state index in [4.69, 9.17) is 0 Å². The van der Waals surface area contributed by atoms with Gasteiger partial charge in [0.25, 0.3) is 0 Å². The molecule has 0 aliphatic heterocycles. The molecule has 0 saturated carbocycles. The fraction of sp³-hybridized carbons (Fsp3) is 0.267. The van der Waals surface area contributed by atoms with E-state index in [2.05, 4.69) is 15.2 Å². The first-order chi connectivity index (χ1) is 9.26. The summed E-state index contributed by atoms with van der Waals surface area (Å²) in [5.41, 5.74) is 2.99. The lowest BCUT2D eigenvalue weighted by Crippen LogP contribution is -2.19. The molecular weight excluding hydrogens is 241 g/mol. The Morgan fingerprint density at radius 2 is 2.16 bits per heavy atom. The van der Waals surface area contributed by atoms with E-state index in [-0.39, 0.29) is 5.82 Å². The van der Waals surface area contributed by atoms with Crippen molar-refractivity contribution < 1.29 is 4.39 Å². The van der Waals surface area contributed by atoms with Gasteiger partial charge in [-0.1, -0.05) is 6.07 Å². The molecule has 1 N–H and O–H groups in total. The first-order valence-electron chi connectivity index (χ1n) is 6.37. The molecule has 0 radical (unpaired) electrons. The molecule has 0 aliphatic carbocycles. The number of anilines is 2. The average Bonchev–Trinajstić information content (AvgIpc) is 2.42. The smallest absolute Gasteiger partial charge is 0.125 e. The summed E-state index contributed by atoms with van der Waals surface area (Å²) in [6.45, 7) is 3.55. The average molecular weight is 259 g/mol. The van der Waals surface area contributed by atoms with Gasteiger partial charge < -0.3 is 10.2 Å². The second-order valence-electron chi connectivity index (χ2n) is 4.26. The van der Waals surface area contributed by atoms with Crippen molar-refractivity contribution in [3.05, 3.63) is 54.1 Å². The number of pyridine rings is 1. The van der Waals surface area contributed by atoms with Gasteiger partial charge in [-0.2, -0.15) is 0 Å². The third kappa shape index (κ3) is 3.09. The quantitative estimate of drug-likeness (QED) is 0.894. The molecular formula is C15H18FN3. The van der Waals surface area contributed by atoms with E-state index >= 15 is 0 Å². The molecule has 0 atom stereocenters. The number of hydrogen-bond donors (Lipinski definition) is 1. The second kappa shape index (κ2) is 6.29. The van der Waals surface area contributed by atoms with Crippen molar-refractivity contribution >= 4 is 11.4 Å². The third-order valence-electron chi connectivity index (χ3n) is 2.98.